The number of anilines is 1. The van der Waals surface area contributed by atoms with Crippen LogP contribution in [-0.4, -0.2) is 31.2 Å². The summed E-state index contributed by atoms with van der Waals surface area (Å²) in [6, 6.07) is 3.48. The Labute approximate surface area is 95.7 Å². The highest BCUT2D eigenvalue weighted by atomic mass is 19.1. The maximum Gasteiger partial charge on any atom is 0.165 e. The summed E-state index contributed by atoms with van der Waals surface area (Å²) in [5.74, 6) is 0.233. The van der Waals surface area contributed by atoms with Gasteiger partial charge >= 0.3 is 0 Å². The maximum absolute atomic E-state index is 13.6. The van der Waals surface area contributed by atoms with Gasteiger partial charge in [-0.25, -0.2) is 9.37 Å². The fourth-order valence-corrected chi connectivity index (χ4v) is 2.20. The van der Waals surface area contributed by atoms with Crippen LogP contribution in [0.1, 0.15) is 19.3 Å². The molecule has 1 saturated heterocycles. The zero-order valence-corrected chi connectivity index (χ0v) is 9.62. The lowest BCUT2D eigenvalue weighted by Crippen LogP contribution is -2.33. The van der Waals surface area contributed by atoms with Gasteiger partial charge in [0.1, 0.15) is 0 Å². The van der Waals surface area contributed by atoms with Crippen LogP contribution in [0.15, 0.2) is 18.3 Å². The van der Waals surface area contributed by atoms with Gasteiger partial charge in [-0.15, -0.1) is 0 Å². The molecule has 0 amide bonds. The van der Waals surface area contributed by atoms with E-state index in [2.05, 4.69) is 10.3 Å². The van der Waals surface area contributed by atoms with Crippen molar-refractivity contribution in [3.63, 3.8) is 0 Å². The van der Waals surface area contributed by atoms with Crippen LogP contribution >= 0.6 is 0 Å². The quantitative estimate of drug-likeness (QED) is 0.828. The van der Waals surface area contributed by atoms with Crippen molar-refractivity contribution in [2.24, 2.45) is 0 Å². The molecule has 2 heterocycles. The average Bonchev–Trinajstić information content (AvgIpc) is 2.57. The SMILES string of the molecule is CN(c1ncccc1F)C1CCCNCC1. The number of nitrogens with one attached hydrogen (secondary N) is 1. The van der Waals surface area contributed by atoms with Gasteiger partial charge < -0.3 is 10.2 Å². The lowest BCUT2D eigenvalue weighted by molar-refractivity contribution is 0.542. The molecule has 1 aromatic heterocycles. The molecule has 1 N–H and O–H groups in total. The number of halogens is 1. The third kappa shape index (κ3) is 2.50. The molecule has 0 aliphatic carbocycles. The number of nitrogens with zero attached hydrogens (tertiary/aromatic N) is 2. The Kier molecular flexibility index (Phi) is 3.72. The van der Waals surface area contributed by atoms with Crippen LogP contribution in [-0.2, 0) is 0 Å². The summed E-state index contributed by atoms with van der Waals surface area (Å²) in [5.41, 5.74) is 0. The van der Waals surface area contributed by atoms with E-state index in [-0.39, 0.29) is 5.82 Å². The van der Waals surface area contributed by atoms with E-state index in [0.717, 1.165) is 32.4 Å². The van der Waals surface area contributed by atoms with Gasteiger partial charge in [-0.2, -0.15) is 0 Å². The van der Waals surface area contributed by atoms with Crippen LogP contribution in [0.25, 0.3) is 0 Å². The van der Waals surface area contributed by atoms with E-state index in [1.807, 2.05) is 11.9 Å². The van der Waals surface area contributed by atoms with E-state index < -0.39 is 0 Å². The largest absolute Gasteiger partial charge is 0.354 e. The first-order chi connectivity index (χ1) is 7.79. The van der Waals surface area contributed by atoms with E-state index in [0.29, 0.717) is 11.9 Å². The predicted molar refractivity (Wildman–Crippen MR) is 63.1 cm³/mol. The van der Waals surface area contributed by atoms with Crippen molar-refractivity contribution in [2.45, 2.75) is 25.3 Å². The standard InChI is InChI=1S/C12H18FN3/c1-16(10-4-2-7-14-9-6-10)12-11(13)5-3-8-15-12/h3,5,8,10,14H,2,4,6-7,9H2,1H3. The van der Waals surface area contributed by atoms with Gasteiger partial charge in [0.05, 0.1) is 0 Å². The second-order valence-corrected chi connectivity index (χ2v) is 4.25. The molecule has 1 aromatic rings. The smallest absolute Gasteiger partial charge is 0.165 e. The van der Waals surface area contributed by atoms with E-state index in [4.69, 9.17) is 0 Å². The molecular formula is C12H18FN3. The molecule has 0 radical (unpaired) electrons. The summed E-state index contributed by atoms with van der Waals surface area (Å²) in [7, 11) is 1.93. The van der Waals surface area contributed by atoms with E-state index >= 15 is 0 Å². The number of aromatic nitrogens is 1. The van der Waals surface area contributed by atoms with Crippen molar-refractivity contribution in [3.05, 3.63) is 24.1 Å². The molecule has 1 atom stereocenters. The third-order valence-electron chi connectivity index (χ3n) is 3.17. The normalized spacial score (nSPS) is 21.5. The number of rotatable bonds is 2. The second-order valence-electron chi connectivity index (χ2n) is 4.25. The predicted octanol–water partition coefficient (Wildman–Crippen LogP) is 1.80. The Morgan fingerprint density at radius 3 is 3.12 bits per heavy atom. The first-order valence-electron chi connectivity index (χ1n) is 5.83. The van der Waals surface area contributed by atoms with Crippen molar-refractivity contribution in [1.29, 1.82) is 0 Å². The zero-order valence-electron chi connectivity index (χ0n) is 9.62. The highest BCUT2D eigenvalue weighted by Gasteiger charge is 2.19. The number of hydrogen-bond acceptors (Lipinski definition) is 3. The molecule has 0 bridgehead atoms. The van der Waals surface area contributed by atoms with Crippen LogP contribution in [0.5, 0.6) is 0 Å². The number of hydrogen-bond donors (Lipinski definition) is 1. The summed E-state index contributed by atoms with van der Waals surface area (Å²) in [6.45, 7) is 2.07. The van der Waals surface area contributed by atoms with Crippen LogP contribution in [0.3, 0.4) is 0 Å². The van der Waals surface area contributed by atoms with Crippen molar-refractivity contribution >= 4 is 5.82 Å². The topological polar surface area (TPSA) is 28.2 Å². The summed E-state index contributed by atoms with van der Waals surface area (Å²) < 4.78 is 13.6. The van der Waals surface area contributed by atoms with Gasteiger partial charge in [-0.05, 0) is 44.5 Å². The maximum atomic E-state index is 13.6. The molecule has 88 valence electrons. The van der Waals surface area contributed by atoms with E-state index in [1.165, 1.54) is 6.07 Å². The molecule has 4 heteroatoms. The highest BCUT2D eigenvalue weighted by Crippen LogP contribution is 2.20. The Morgan fingerprint density at radius 1 is 1.44 bits per heavy atom. The molecular weight excluding hydrogens is 205 g/mol. The molecule has 1 fully saturated rings. The number of pyridine rings is 1. The van der Waals surface area contributed by atoms with Crippen molar-refractivity contribution in [2.75, 3.05) is 25.0 Å². The first-order valence-corrected chi connectivity index (χ1v) is 5.83. The van der Waals surface area contributed by atoms with Gasteiger partial charge in [0, 0.05) is 19.3 Å². The minimum absolute atomic E-state index is 0.234. The molecule has 0 aromatic carbocycles. The van der Waals surface area contributed by atoms with Gasteiger partial charge in [-0.1, -0.05) is 0 Å². The molecule has 2 rings (SSSR count). The minimum atomic E-state index is -0.234. The molecule has 0 spiro atoms. The third-order valence-corrected chi connectivity index (χ3v) is 3.17. The van der Waals surface area contributed by atoms with Crippen molar-refractivity contribution in [1.82, 2.24) is 10.3 Å². The highest BCUT2D eigenvalue weighted by molar-refractivity contribution is 5.39. The molecule has 3 nitrogen and oxygen atoms in total. The Bertz CT molecular complexity index is 335. The summed E-state index contributed by atoms with van der Waals surface area (Å²) in [4.78, 5) is 6.09. The molecule has 16 heavy (non-hydrogen) atoms. The van der Waals surface area contributed by atoms with Crippen molar-refractivity contribution < 1.29 is 4.39 Å². The lowest BCUT2D eigenvalue weighted by atomic mass is 10.1. The fourth-order valence-electron chi connectivity index (χ4n) is 2.20. The van der Waals surface area contributed by atoms with E-state index in [9.17, 15) is 4.39 Å². The van der Waals surface area contributed by atoms with Crippen LogP contribution in [0.2, 0.25) is 0 Å². The molecule has 1 aliphatic rings. The lowest BCUT2D eigenvalue weighted by Gasteiger charge is -2.28. The minimum Gasteiger partial charge on any atom is -0.354 e. The Morgan fingerprint density at radius 2 is 2.31 bits per heavy atom. The Hall–Kier alpha value is -1.16. The molecule has 1 aliphatic heterocycles. The van der Waals surface area contributed by atoms with Gasteiger partial charge in [0.2, 0.25) is 0 Å². The summed E-state index contributed by atoms with van der Waals surface area (Å²) in [6.07, 6.45) is 4.93. The Balaban J connectivity index is 2.11. The molecule has 0 saturated carbocycles. The summed E-state index contributed by atoms with van der Waals surface area (Å²) in [5, 5.41) is 3.36. The second kappa shape index (κ2) is 5.25. The van der Waals surface area contributed by atoms with Crippen molar-refractivity contribution in [3.8, 4) is 0 Å². The van der Waals surface area contributed by atoms with Crippen LogP contribution in [0, 0.1) is 5.82 Å². The van der Waals surface area contributed by atoms with Gasteiger partial charge in [-0.3, -0.25) is 0 Å². The van der Waals surface area contributed by atoms with E-state index in [1.54, 1.807) is 12.3 Å². The van der Waals surface area contributed by atoms with Crippen LogP contribution < -0.4 is 10.2 Å². The monoisotopic (exact) mass is 223 g/mol. The van der Waals surface area contributed by atoms with Gasteiger partial charge in [0.15, 0.2) is 11.6 Å². The zero-order chi connectivity index (χ0) is 11.4. The average molecular weight is 223 g/mol. The first kappa shape index (κ1) is 11.3. The summed E-state index contributed by atoms with van der Waals surface area (Å²) >= 11 is 0. The fraction of sp³-hybridized carbons (Fsp3) is 0.583. The molecule has 1 unspecified atom stereocenters. The van der Waals surface area contributed by atoms with Gasteiger partial charge in [0.25, 0.3) is 0 Å². The van der Waals surface area contributed by atoms with Crippen LogP contribution in [0.4, 0.5) is 10.2 Å².